The van der Waals surface area contributed by atoms with Gasteiger partial charge in [0.2, 0.25) is 0 Å². The molecule has 0 aliphatic rings. The molecule has 0 atom stereocenters. The Bertz CT molecular complexity index is 494. The Morgan fingerprint density at radius 3 is 2.29 bits per heavy atom. The number of aromatic hydroxyl groups is 1. The summed E-state index contributed by atoms with van der Waals surface area (Å²) in [5, 5.41) is 9.63. The van der Waals surface area contributed by atoms with Crippen LogP contribution in [-0.2, 0) is 16.5 Å². The molecule has 6 heteroatoms. The first kappa shape index (κ1) is 17.6. The van der Waals surface area contributed by atoms with E-state index in [9.17, 15) is 18.1 Å². The van der Waals surface area contributed by atoms with Crippen LogP contribution >= 0.6 is 0 Å². The molecular weight excluding hydrogens is 267 g/mol. The minimum atomic E-state index is -4.47. The van der Waals surface area contributed by atoms with E-state index in [-0.39, 0.29) is 73.5 Å². The minimum Gasteiger partial charge on any atom is -0.744 e. The van der Waals surface area contributed by atoms with E-state index in [4.69, 9.17) is 0 Å². The SMILES string of the molecule is Cc1cc(O)c(CC(C)C)cc1S(=O)(=O)[O-].[K+]. The van der Waals surface area contributed by atoms with Crippen molar-refractivity contribution in [3.8, 4) is 5.75 Å². The van der Waals surface area contributed by atoms with Crippen molar-refractivity contribution in [1.82, 2.24) is 0 Å². The maximum absolute atomic E-state index is 11.0. The molecular formula is C11H15KO4S. The van der Waals surface area contributed by atoms with Crippen LogP contribution in [0.25, 0.3) is 0 Å². The summed E-state index contributed by atoms with van der Waals surface area (Å²) in [5.41, 5.74) is 0.773. The maximum Gasteiger partial charge on any atom is 1.00 e. The van der Waals surface area contributed by atoms with Gasteiger partial charge < -0.3 is 9.66 Å². The smallest absolute Gasteiger partial charge is 0.744 e. The molecule has 0 aliphatic carbocycles. The molecule has 0 aliphatic heterocycles. The zero-order valence-electron chi connectivity index (χ0n) is 10.5. The molecule has 0 fully saturated rings. The second-order valence-electron chi connectivity index (χ2n) is 4.30. The second kappa shape index (κ2) is 6.65. The molecule has 0 saturated carbocycles. The van der Waals surface area contributed by atoms with Crippen LogP contribution in [0.1, 0.15) is 25.0 Å². The number of benzene rings is 1. The van der Waals surface area contributed by atoms with Gasteiger partial charge in [-0.1, -0.05) is 13.8 Å². The summed E-state index contributed by atoms with van der Waals surface area (Å²) in [5.74, 6) is 0.314. The van der Waals surface area contributed by atoms with E-state index in [1.165, 1.54) is 19.1 Å². The summed E-state index contributed by atoms with van der Waals surface area (Å²) < 4.78 is 32.9. The van der Waals surface area contributed by atoms with Gasteiger partial charge in [-0.3, -0.25) is 0 Å². The molecule has 1 aromatic carbocycles. The maximum atomic E-state index is 11.0. The number of rotatable bonds is 3. The molecule has 0 aromatic heterocycles. The molecule has 0 spiro atoms. The molecule has 4 nitrogen and oxygen atoms in total. The Kier molecular flexibility index (Phi) is 6.87. The van der Waals surface area contributed by atoms with E-state index in [0.717, 1.165) is 0 Å². The van der Waals surface area contributed by atoms with Crippen molar-refractivity contribution in [2.45, 2.75) is 32.1 Å². The fourth-order valence-electron chi connectivity index (χ4n) is 1.59. The molecule has 0 bridgehead atoms. The molecule has 90 valence electrons. The van der Waals surface area contributed by atoms with Crippen molar-refractivity contribution in [2.24, 2.45) is 5.92 Å². The first-order chi connectivity index (χ1) is 7.21. The van der Waals surface area contributed by atoms with Crippen LogP contribution in [0, 0.1) is 12.8 Å². The van der Waals surface area contributed by atoms with Crippen molar-refractivity contribution >= 4 is 10.1 Å². The number of phenolic OH excluding ortho intramolecular Hbond substituents is 1. The van der Waals surface area contributed by atoms with Gasteiger partial charge in [-0.2, -0.15) is 0 Å². The van der Waals surface area contributed by atoms with E-state index >= 15 is 0 Å². The van der Waals surface area contributed by atoms with Gasteiger partial charge in [0.05, 0.1) is 4.90 Å². The second-order valence-corrected chi connectivity index (χ2v) is 5.65. The van der Waals surface area contributed by atoms with Crippen LogP contribution in [0.15, 0.2) is 17.0 Å². The van der Waals surface area contributed by atoms with Gasteiger partial charge in [0.15, 0.2) is 0 Å². The number of phenols is 1. The zero-order valence-corrected chi connectivity index (χ0v) is 14.5. The summed E-state index contributed by atoms with van der Waals surface area (Å²) in [6, 6.07) is 2.59. The Labute approximate surface area is 145 Å². The van der Waals surface area contributed by atoms with Gasteiger partial charge in [0, 0.05) is 0 Å². The first-order valence-electron chi connectivity index (χ1n) is 5.00. The van der Waals surface area contributed by atoms with Crippen molar-refractivity contribution in [3.05, 3.63) is 23.3 Å². The monoisotopic (exact) mass is 282 g/mol. The largest absolute Gasteiger partial charge is 1.00 e. The normalized spacial score (nSPS) is 11.4. The third-order valence-electron chi connectivity index (χ3n) is 2.27. The van der Waals surface area contributed by atoms with Gasteiger partial charge >= 0.3 is 51.4 Å². The van der Waals surface area contributed by atoms with Crippen molar-refractivity contribution < 1.29 is 69.5 Å². The standard InChI is InChI=1S/C11H16O4S.K/c1-7(2)4-9-6-11(16(13,14)15)8(3)5-10(9)12;/h5-7,12H,4H2,1-3H3,(H,13,14,15);/q;+1/p-1. The van der Waals surface area contributed by atoms with Crippen LogP contribution in [0.5, 0.6) is 5.75 Å². The van der Waals surface area contributed by atoms with Crippen LogP contribution < -0.4 is 51.4 Å². The molecule has 1 rings (SSSR count). The predicted octanol–water partition coefficient (Wildman–Crippen LogP) is -1.19. The molecule has 0 heterocycles. The zero-order chi connectivity index (χ0) is 12.5. The molecule has 0 saturated heterocycles. The van der Waals surface area contributed by atoms with Crippen molar-refractivity contribution in [1.29, 1.82) is 0 Å². The average molecular weight is 282 g/mol. The van der Waals surface area contributed by atoms with Crippen LogP contribution in [0.4, 0.5) is 0 Å². The average Bonchev–Trinajstić information content (AvgIpc) is 2.06. The Morgan fingerprint density at radius 2 is 1.88 bits per heavy atom. The van der Waals surface area contributed by atoms with Crippen LogP contribution in [0.2, 0.25) is 0 Å². The third kappa shape index (κ3) is 4.98. The van der Waals surface area contributed by atoms with E-state index in [0.29, 0.717) is 12.0 Å². The summed E-state index contributed by atoms with van der Waals surface area (Å²) in [7, 11) is -4.47. The summed E-state index contributed by atoms with van der Waals surface area (Å²) in [4.78, 5) is -0.249. The molecule has 1 N–H and O–H groups in total. The Hall–Kier alpha value is 0.566. The predicted molar refractivity (Wildman–Crippen MR) is 59.3 cm³/mol. The van der Waals surface area contributed by atoms with Gasteiger partial charge in [0.25, 0.3) is 0 Å². The molecule has 0 amide bonds. The molecule has 0 radical (unpaired) electrons. The fraction of sp³-hybridized carbons (Fsp3) is 0.455. The van der Waals surface area contributed by atoms with Crippen molar-refractivity contribution in [2.75, 3.05) is 0 Å². The number of hydrogen-bond acceptors (Lipinski definition) is 4. The van der Waals surface area contributed by atoms with Crippen LogP contribution in [-0.4, -0.2) is 18.1 Å². The van der Waals surface area contributed by atoms with E-state index in [1.54, 1.807) is 0 Å². The van der Waals surface area contributed by atoms with Gasteiger partial charge in [-0.25, -0.2) is 8.42 Å². The first-order valence-corrected chi connectivity index (χ1v) is 6.41. The summed E-state index contributed by atoms with van der Waals surface area (Å²) in [6.07, 6.45) is 0.536. The van der Waals surface area contributed by atoms with E-state index < -0.39 is 10.1 Å². The van der Waals surface area contributed by atoms with Crippen LogP contribution in [0.3, 0.4) is 0 Å². The quantitative estimate of drug-likeness (QED) is 0.558. The Balaban J connectivity index is 0.00000256. The van der Waals surface area contributed by atoms with Crippen molar-refractivity contribution in [3.63, 3.8) is 0 Å². The fourth-order valence-corrected chi connectivity index (χ4v) is 2.33. The molecule has 1 aromatic rings. The van der Waals surface area contributed by atoms with Gasteiger partial charge in [-0.15, -0.1) is 0 Å². The third-order valence-corrected chi connectivity index (χ3v) is 3.25. The molecule has 0 unspecified atom stereocenters. The molecule has 17 heavy (non-hydrogen) atoms. The summed E-state index contributed by atoms with van der Waals surface area (Å²) in [6.45, 7) is 5.39. The van der Waals surface area contributed by atoms with Gasteiger partial charge in [0.1, 0.15) is 15.9 Å². The van der Waals surface area contributed by atoms with E-state index in [1.807, 2.05) is 13.8 Å². The van der Waals surface area contributed by atoms with Gasteiger partial charge in [-0.05, 0) is 42.5 Å². The topological polar surface area (TPSA) is 77.4 Å². The van der Waals surface area contributed by atoms with E-state index in [2.05, 4.69) is 0 Å². The number of aryl methyl sites for hydroxylation is 1. The number of hydrogen-bond donors (Lipinski definition) is 1. The minimum absolute atomic E-state index is 0. The summed E-state index contributed by atoms with van der Waals surface area (Å²) >= 11 is 0. The Morgan fingerprint density at radius 1 is 1.35 bits per heavy atom.